The van der Waals surface area contributed by atoms with Gasteiger partial charge in [-0.15, -0.1) is 11.3 Å². The fraction of sp³-hybridized carbons (Fsp3) is 0.250. The van der Waals surface area contributed by atoms with Crippen molar-refractivity contribution in [3.63, 3.8) is 0 Å². The van der Waals surface area contributed by atoms with E-state index in [0.717, 1.165) is 5.56 Å². The number of hydrogen-bond acceptors (Lipinski definition) is 5. The standard InChI is InChI=1S/C16H16N4O2S/c1-3-20-9-19-15-12(16(20)22)10(2)13(23-15)14(21)18-8-11-4-6-17-7-5-11/h4-7,9H,3,8H2,1-2H3,(H,18,21). The summed E-state index contributed by atoms with van der Waals surface area (Å²) in [6.45, 7) is 4.66. The highest BCUT2D eigenvalue weighted by molar-refractivity contribution is 7.20. The second kappa shape index (κ2) is 6.29. The van der Waals surface area contributed by atoms with Gasteiger partial charge >= 0.3 is 0 Å². The molecule has 0 spiro atoms. The zero-order valence-electron chi connectivity index (χ0n) is 12.9. The molecule has 118 valence electrons. The minimum atomic E-state index is -0.190. The van der Waals surface area contributed by atoms with Gasteiger partial charge in [-0.2, -0.15) is 0 Å². The molecule has 3 aromatic rings. The van der Waals surface area contributed by atoms with Crippen LogP contribution in [0.1, 0.15) is 27.7 Å². The van der Waals surface area contributed by atoms with E-state index in [-0.39, 0.29) is 11.5 Å². The van der Waals surface area contributed by atoms with Crippen LogP contribution in [0.15, 0.2) is 35.6 Å². The quantitative estimate of drug-likeness (QED) is 0.796. The van der Waals surface area contributed by atoms with Crippen LogP contribution in [0.2, 0.25) is 0 Å². The van der Waals surface area contributed by atoms with E-state index in [9.17, 15) is 9.59 Å². The fourth-order valence-corrected chi connectivity index (χ4v) is 3.42. The van der Waals surface area contributed by atoms with E-state index in [4.69, 9.17) is 0 Å². The van der Waals surface area contributed by atoms with Crippen molar-refractivity contribution >= 4 is 27.5 Å². The molecular weight excluding hydrogens is 312 g/mol. The van der Waals surface area contributed by atoms with E-state index in [2.05, 4.69) is 15.3 Å². The van der Waals surface area contributed by atoms with E-state index >= 15 is 0 Å². The molecule has 0 fully saturated rings. The fourth-order valence-electron chi connectivity index (χ4n) is 2.36. The maximum absolute atomic E-state index is 12.4. The van der Waals surface area contributed by atoms with Crippen molar-refractivity contribution in [3.8, 4) is 0 Å². The van der Waals surface area contributed by atoms with E-state index < -0.39 is 0 Å². The van der Waals surface area contributed by atoms with Crippen molar-refractivity contribution < 1.29 is 4.79 Å². The second-order valence-electron chi connectivity index (χ2n) is 5.11. The van der Waals surface area contributed by atoms with Gasteiger partial charge in [0.25, 0.3) is 11.5 Å². The lowest BCUT2D eigenvalue weighted by Gasteiger charge is -2.04. The highest BCUT2D eigenvalue weighted by Gasteiger charge is 2.19. The number of pyridine rings is 1. The van der Waals surface area contributed by atoms with Crippen LogP contribution >= 0.6 is 11.3 Å². The molecule has 0 saturated heterocycles. The van der Waals surface area contributed by atoms with Gasteiger partial charge in [-0.3, -0.25) is 19.1 Å². The van der Waals surface area contributed by atoms with Crippen LogP contribution in [-0.2, 0) is 13.1 Å². The highest BCUT2D eigenvalue weighted by Crippen LogP contribution is 2.26. The van der Waals surface area contributed by atoms with Gasteiger partial charge in [-0.05, 0) is 37.1 Å². The van der Waals surface area contributed by atoms with Crippen molar-refractivity contribution in [1.29, 1.82) is 0 Å². The summed E-state index contributed by atoms with van der Waals surface area (Å²) in [5.41, 5.74) is 1.57. The molecule has 3 aromatic heterocycles. The Kier molecular flexibility index (Phi) is 4.20. The normalized spacial score (nSPS) is 10.9. The monoisotopic (exact) mass is 328 g/mol. The van der Waals surface area contributed by atoms with Crippen molar-refractivity contribution in [1.82, 2.24) is 19.9 Å². The summed E-state index contributed by atoms with van der Waals surface area (Å²) in [6, 6.07) is 3.69. The smallest absolute Gasteiger partial charge is 0.262 e. The van der Waals surface area contributed by atoms with Gasteiger partial charge in [0.05, 0.1) is 16.6 Å². The van der Waals surface area contributed by atoms with Crippen LogP contribution in [0.4, 0.5) is 0 Å². The SMILES string of the molecule is CCn1cnc2sc(C(=O)NCc3ccncc3)c(C)c2c1=O. The molecule has 0 aromatic carbocycles. The Labute approximate surface area is 136 Å². The Bertz CT molecular complexity index is 915. The predicted octanol–water partition coefficient (Wildman–Crippen LogP) is 2.11. The Hall–Kier alpha value is -2.54. The second-order valence-corrected chi connectivity index (χ2v) is 6.11. The summed E-state index contributed by atoms with van der Waals surface area (Å²) < 4.78 is 1.54. The zero-order valence-corrected chi connectivity index (χ0v) is 13.7. The number of hydrogen-bond donors (Lipinski definition) is 1. The number of amides is 1. The number of fused-ring (bicyclic) bond motifs is 1. The molecule has 0 unspecified atom stereocenters. The van der Waals surface area contributed by atoms with Crippen LogP contribution in [0, 0.1) is 6.92 Å². The number of aromatic nitrogens is 3. The van der Waals surface area contributed by atoms with Gasteiger partial charge in [0.1, 0.15) is 4.83 Å². The summed E-state index contributed by atoms with van der Waals surface area (Å²) in [4.78, 5) is 34.2. The number of carbonyl (C=O) groups is 1. The molecule has 0 aliphatic carbocycles. The van der Waals surface area contributed by atoms with Gasteiger partial charge in [0.15, 0.2) is 0 Å². The van der Waals surface area contributed by atoms with Crippen molar-refractivity contribution in [2.24, 2.45) is 0 Å². The number of aryl methyl sites for hydroxylation is 2. The minimum Gasteiger partial charge on any atom is -0.347 e. The number of carbonyl (C=O) groups excluding carboxylic acids is 1. The van der Waals surface area contributed by atoms with Gasteiger partial charge in [0.2, 0.25) is 0 Å². The number of nitrogens with zero attached hydrogens (tertiary/aromatic N) is 3. The first-order valence-corrected chi connectivity index (χ1v) is 8.09. The largest absolute Gasteiger partial charge is 0.347 e. The molecule has 3 rings (SSSR count). The maximum atomic E-state index is 12.4. The van der Waals surface area contributed by atoms with E-state index in [1.807, 2.05) is 19.1 Å². The Morgan fingerprint density at radius 2 is 2.09 bits per heavy atom. The zero-order chi connectivity index (χ0) is 16.4. The van der Waals surface area contributed by atoms with Crippen molar-refractivity contribution in [2.45, 2.75) is 26.9 Å². The lowest BCUT2D eigenvalue weighted by molar-refractivity contribution is 0.0954. The van der Waals surface area contributed by atoms with E-state index in [1.54, 1.807) is 23.9 Å². The number of thiophene rings is 1. The topological polar surface area (TPSA) is 76.9 Å². The van der Waals surface area contributed by atoms with E-state index in [0.29, 0.717) is 33.7 Å². The first-order chi connectivity index (χ1) is 11.1. The molecule has 0 aliphatic heterocycles. The average Bonchev–Trinajstić information content (AvgIpc) is 2.92. The van der Waals surface area contributed by atoms with Gasteiger partial charge < -0.3 is 5.32 Å². The summed E-state index contributed by atoms with van der Waals surface area (Å²) in [6.07, 6.45) is 4.89. The van der Waals surface area contributed by atoms with Crippen LogP contribution in [0.3, 0.4) is 0 Å². The molecule has 1 amide bonds. The third-order valence-electron chi connectivity index (χ3n) is 3.67. The molecule has 6 nitrogen and oxygen atoms in total. The summed E-state index contributed by atoms with van der Waals surface area (Å²) >= 11 is 1.25. The Balaban J connectivity index is 1.91. The molecule has 3 heterocycles. The van der Waals surface area contributed by atoms with Crippen LogP contribution < -0.4 is 10.9 Å². The Morgan fingerprint density at radius 1 is 1.35 bits per heavy atom. The maximum Gasteiger partial charge on any atom is 0.262 e. The van der Waals surface area contributed by atoms with Crippen molar-refractivity contribution in [2.75, 3.05) is 0 Å². The van der Waals surface area contributed by atoms with Gasteiger partial charge in [-0.25, -0.2) is 4.98 Å². The predicted molar refractivity (Wildman–Crippen MR) is 89.7 cm³/mol. The summed E-state index contributed by atoms with van der Waals surface area (Å²) in [5, 5.41) is 3.41. The van der Waals surface area contributed by atoms with E-state index in [1.165, 1.54) is 17.7 Å². The van der Waals surface area contributed by atoms with Crippen LogP contribution in [0.25, 0.3) is 10.2 Å². The Morgan fingerprint density at radius 3 is 2.78 bits per heavy atom. The lowest BCUT2D eigenvalue weighted by Crippen LogP contribution is -2.23. The first-order valence-electron chi connectivity index (χ1n) is 7.27. The molecule has 0 atom stereocenters. The third-order valence-corrected chi connectivity index (χ3v) is 4.87. The molecule has 0 aliphatic rings. The number of nitrogens with one attached hydrogen (secondary N) is 1. The molecule has 23 heavy (non-hydrogen) atoms. The molecule has 0 bridgehead atoms. The minimum absolute atomic E-state index is 0.0977. The number of rotatable bonds is 4. The van der Waals surface area contributed by atoms with Gasteiger partial charge in [-0.1, -0.05) is 0 Å². The van der Waals surface area contributed by atoms with Crippen LogP contribution in [-0.4, -0.2) is 20.4 Å². The highest BCUT2D eigenvalue weighted by atomic mass is 32.1. The molecule has 7 heteroatoms. The summed E-state index contributed by atoms with van der Waals surface area (Å²) in [7, 11) is 0. The average molecular weight is 328 g/mol. The molecule has 1 N–H and O–H groups in total. The molecule has 0 saturated carbocycles. The van der Waals surface area contributed by atoms with Crippen LogP contribution in [0.5, 0.6) is 0 Å². The molecular formula is C16H16N4O2S. The van der Waals surface area contributed by atoms with Gasteiger partial charge in [0, 0.05) is 25.5 Å². The molecule has 0 radical (unpaired) electrons. The lowest BCUT2D eigenvalue weighted by atomic mass is 10.2. The van der Waals surface area contributed by atoms with Crippen molar-refractivity contribution in [3.05, 3.63) is 57.2 Å². The summed E-state index contributed by atoms with van der Waals surface area (Å²) in [5.74, 6) is -0.190. The third kappa shape index (κ3) is 2.87. The first kappa shape index (κ1) is 15.4.